The number of benzene rings is 1. The van der Waals surface area contributed by atoms with E-state index in [1.165, 1.54) is 23.1 Å². The fraction of sp³-hybridized carbons (Fsp3) is 0.316. The summed E-state index contributed by atoms with van der Waals surface area (Å²) in [6.07, 6.45) is 0. The van der Waals surface area contributed by atoms with E-state index in [4.69, 9.17) is 0 Å². The summed E-state index contributed by atoms with van der Waals surface area (Å²) in [6.45, 7) is 8.22. The molecule has 2 aromatic heterocycles. The number of thiophene rings is 1. The number of rotatable bonds is 5. The smallest absolute Gasteiger partial charge is 0.272 e. The molecule has 1 atom stereocenters. The maximum atomic E-state index is 12.6. The van der Waals surface area contributed by atoms with Gasteiger partial charge in [-0.1, -0.05) is 23.9 Å². The Kier molecular flexibility index (Phi) is 5.48. The van der Waals surface area contributed by atoms with Crippen LogP contribution in [-0.4, -0.2) is 20.7 Å². The second-order valence-electron chi connectivity index (χ2n) is 6.15. The standard InChI is InChI=1S/C19H21N3O2S2/c1-5-22-18(24)16-14(8-9-25-16)21-19(22)26-13(4)17(23)20-15-10-11(2)6-7-12(15)3/h6-10,13H,5H2,1-4H3,(H,20,23)/t13-/m0/s1. The zero-order valence-corrected chi connectivity index (χ0v) is 16.8. The molecule has 0 aliphatic rings. The molecule has 0 aliphatic heterocycles. The number of hydrogen-bond donors (Lipinski definition) is 1. The molecule has 0 fully saturated rings. The van der Waals surface area contributed by atoms with Gasteiger partial charge in [0.25, 0.3) is 5.56 Å². The van der Waals surface area contributed by atoms with Crippen LogP contribution in [0.3, 0.4) is 0 Å². The van der Waals surface area contributed by atoms with E-state index in [2.05, 4.69) is 10.3 Å². The molecule has 0 saturated heterocycles. The van der Waals surface area contributed by atoms with Crippen molar-refractivity contribution in [2.45, 2.75) is 44.6 Å². The van der Waals surface area contributed by atoms with Crippen LogP contribution in [0.25, 0.3) is 10.2 Å². The summed E-state index contributed by atoms with van der Waals surface area (Å²) < 4.78 is 2.29. The topological polar surface area (TPSA) is 64.0 Å². The van der Waals surface area contributed by atoms with E-state index >= 15 is 0 Å². The zero-order valence-electron chi connectivity index (χ0n) is 15.2. The van der Waals surface area contributed by atoms with E-state index in [1.807, 2.05) is 57.3 Å². The van der Waals surface area contributed by atoms with E-state index in [1.54, 1.807) is 4.57 Å². The molecule has 5 nitrogen and oxygen atoms in total. The largest absolute Gasteiger partial charge is 0.325 e. The van der Waals surface area contributed by atoms with Crippen LogP contribution in [0.15, 0.2) is 39.6 Å². The molecular weight excluding hydrogens is 366 g/mol. The Morgan fingerprint density at radius 2 is 2.12 bits per heavy atom. The minimum Gasteiger partial charge on any atom is -0.325 e. The maximum absolute atomic E-state index is 12.6. The predicted octanol–water partition coefficient (Wildman–Crippen LogP) is 4.21. The minimum atomic E-state index is -0.379. The van der Waals surface area contributed by atoms with Crippen molar-refractivity contribution < 1.29 is 4.79 Å². The third-order valence-corrected chi connectivity index (χ3v) is 6.13. The third-order valence-electron chi connectivity index (χ3n) is 4.15. The molecule has 2 heterocycles. The van der Waals surface area contributed by atoms with Gasteiger partial charge in [0.2, 0.25) is 5.91 Å². The summed E-state index contributed by atoms with van der Waals surface area (Å²) in [7, 11) is 0. The van der Waals surface area contributed by atoms with Gasteiger partial charge in [0.05, 0.1) is 10.8 Å². The summed E-state index contributed by atoms with van der Waals surface area (Å²) in [6, 6.07) is 7.81. The molecule has 26 heavy (non-hydrogen) atoms. The van der Waals surface area contributed by atoms with Crippen LogP contribution in [0, 0.1) is 13.8 Å². The molecule has 3 rings (SSSR count). The fourth-order valence-corrected chi connectivity index (χ4v) is 4.36. The number of aryl methyl sites for hydroxylation is 2. The molecule has 7 heteroatoms. The average molecular weight is 388 g/mol. The lowest BCUT2D eigenvalue weighted by Gasteiger charge is -2.16. The van der Waals surface area contributed by atoms with Crippen LogP contribution >= 0.6 is 23.1 Å². The molecule has 0 bridgehead atoms. The zero-order chi connectivity index (χ0) is 18.8. The van der Waals surface area contributed by atoms with E-state index in [9.17, 15) is 9.59 Å². The van der Waals surface area contributed by atoms with Crippen LogP contribution in [0.1, 0.15) is 25.0 Å². The highest BCUT2D eigenvalue weighted by Gasteiger charge is 2.20. The number of hydrogen-bond acceptors (Lipinski definition) is 5. The van der Waals surface area contributed by atoms with E-state index in [-0.39, 0.29) is 16.7 Å². The number of anilines is 1. The van der Waals surface area contributed by atoms with Crippen LogP contribution in [0.5, 0.6) is 0 Å². The molecule has 1 amide bonds. The second-order valence-corrected chi connectivity index (χ2v) is 8.37. The molecule has 0 unspecified atom stereocenters. The Bertz CT molecular complexity index is 1020. The highest BCUT2D eigenvalue weighted by atomic mass is 32.2. The fourth-order valence-electron chi connectivity index (χ4n) is 2.61. The Hall–Kier alpha value is -2.12. The van der Waals surface area contributed by atoms with Gasteiger partial charge in [0.1, 0.15) is 4.70 Å². The van der Waals surface area contributed by atoms with E-state index in [0.717, 1.165) is 16.8 Å². The first-order valence-electron chi connectivity index (χ1n) is 8.43. The number of aromatic nitrogens is 2. The second kappa shape index (κ2) is 7.63. The quantitative estimate of drug-likeness (QED) is 0.526. The first kappa shape index (κ1) is 18.7. The van der Waals surface area contributed by atoms with Crippen LogP contribution in [0.4, 0.5) is 5.69 Å². The highest BCUT2D eigenvalue weighted by molar-refractivity contribution is 8.00. The van der Waals surface area contributed by atoms with Gasteiger partial charge < -0.3 is 5.32 Å². The average Bonchev–Trinajstić information content (AvgIpc) is 3.07. The van der Waals surface area contributed by atoms with Gasteiger partial charge >= 0.3 is 0 Å². The molecule has 0 spiro atoms. The lowest BCUT2D eigenvalue weighted by atomic mass is 10.1. The molecule has 136 valence electrons. The number of carbonyl (C=O) groups is 1. The number of carbonyl (C=O) groups excluding carboxylic acids is 1. The van der Waals surface area contributed by atoms with Gasteiger partial charge in [-0.05, 0) is 56.3 Å². The van der Waals surface area contributed by atoms with Crippen molar-refractivity contribution in [1.29, 1.82) is 0 Å². The van der Waals surface area contributed by atoms with Gasteiger partial charge in [-0.2, -0.15) is 0 Å². The first-order valence-corrected chi connectivity index (χ1v) is 10.2. The van der Waals surface area contributed by atoms with Gasteiger partial charge in [-0.3, -0.25) is 14.2 Å². The Morgan fingerprint density at radius 3 is 2.85 bits per heavy atom. The van der Waals surface area contributed by atoms with Gasteiger partial charge in [0, 0.05) is 12.2 Å². The van der Waals surface area contributed by atoms with E-state index < -0.39 is 0 Å². The summed E-state index contributed by atoms with van der Waals surface area (Å²) >= 11 is 2.71. The Labute approximate surface area is 160 Å². The number of fused-ring (bicyclic) bond motifs is 1. The Balaban J connectivity index is 1.84. The lowest BCUT2D eigenvalue weighted by Crippen LogP contribution is -2.26. The molecule has 3 aromatic rings. The minimum absolute atomic E-state index is 0.0443. The lowest BCUT2D eigenvalue weighted by molar-refractivity contribution is -0.115. The normalized spacial score (nSPS) is 12.3. The molecular formula is C19H21N3O2S2. The van der Waals surface area contributed by atoms with Crippen molar-refractivity contribution in [2.24, 2.45) is 0 Å². The van der Waals surface area contributed by atoms with Crippen molar-refractivity contribution in [2.75, 3.05) is 5.32 Å². The molecule has 0 aliphatic carbocycles. The van der Waals surface area contributed by atoms with Crippen molar-refractivity contribution in [3.63, 3.8) is 0 Å². The number of nitrogens with zero attached hydrogens (tertiary/aromatic N) is 2. The van der Waals surface area contributed by atoms with Crippen LogP contribution in [0.2, 0.25) is 0 Å². The summed E-state index contributed by atoms with van der Waals surface area (Å²) in [4.78, 5) is 29.8. The number of nitrogens with one attached hydrogen (secondary N) is 1. The number of amides is 1. The van der Waals surface area contributed by atoms with E-state index in [0.29, 0.717) is 21.9 Å². The number of thioether (sulfide) groups is 1. The molecule has 0 radical (unpaired) electrons. The SMILES string of the molecule is CCn1c(S[C@@H](C)C(=O)Nc2cc(C)ccc2C)nc2ccsc2c1=O. The van der Waals surface area contributed by atoms with Crippen molar-refractivity contribution in [1.82, 2.24) is 9.55 Å². The highest BCUT2D eigenvalue weighted by Crippen LogP contribution is 2.25. The first-order chi connectivity index (χ1) is 12.4. The van der Waals surface area contributed by atoms with Crippen molar-refractivity contribution >= 4 is 44.9 Å². The Morgan fingerprint density at radius 1 is 1.35 bits per heavy atom. The van der Waals surface area contributed by atoms with Crippen LogP contribution in [-0.2, 0) is 11.3 Å². The summed E-state index contributed by atoms with van der Waals surface area (Å²) in [5.41, 5.74) is 3.57. The van der Waals surface area contributed by atoms with Gasteiger partial charge in [0.15, 0.2) is 5.16 Å². The summed E-state index contributed by atoms with van der Waals surface area (Å²) in [5, 5.41) is 5.04. The molecule has 0 saturated carbocycles. The molecule has 1 N–H and O–H groups in total. The van der Waals surface area contributed by atoms with Crippen molar-refractivity contribution in [3.8, 4) is 0 Å². The maximum Gasteiger partial charge on any atom is 0.272 e. The van der Waals surface area contributed by atoms with Gasteiger partial charge in [-0.15, -0.1) is 11.3 Å². The molecule has 1 aromatic carbocycles. The summed E-state index contributed by atoms with van der Waals surface area (Å²) in [5.74, 6) is -0.106. The van der Waals surface area contributed by atoms with Crippen LogP contribution < -0.4 is 10.9 Å². The third kappa shape index (κ3) is 3.68. The van der Waals surface area contributed by atoms with Crippen molar-refractivity contribution in [3.05, 3.63) is 51.1 Å². The monoisotopic (exact) mass is 387 g/mol. The van der Waals surface area contributed by atoms with Gasteiger partial charge in [-0.25, -0.2) is 4.98 Å². The predicted molar refractivity (Wildman–Crippen MR) is 109 cm³/mol.